The number of hydrogen-bond acceptors (Lipinski definition) is 4. The third kappa shape index (κ3) is 5.10. The second-order valence-corrected chi connectivity index (χ2v) is 8.91. The summed E-state index contributed by atoms with van der Waals surface area (Å²) in [5, 5.41) is -0.143. The Bertz CT molecular complexity index is 330. The highest BCUT2D eigenvalue weighted by molar-refractivity contribution is 7.99. The SMILES string of the molecule is CCSCCCN(C)[C@@H]1CCCC[C@H]1S(C)(=O)=O. The van der Waals surface area contributed by atoms with E-state index in [1.165, 1.54) is 24.2 Å². The maximum Gasteiger partial charge on any atom is 0.151 e. The Morgan fingerprint density at radius 1 is 1.28 bits per heavy atom. The molecule has 18 heavy (non-hydrogen) atoms. The van der Waals surface area contributed by atoms with Crippen molar-refractivity contribution in [1.29, 1.82) is 0 Å². The molecular weight excluding hydrogens is 266 g/mol. The van der Waals surface area contributed by atoms with Gasteiger partial charge in [-0.2, -0.15) is 11.8 Å². The van der Waals surface area contributed by atoms with Gasteiger partial charge in [0.1, 0.15) is 0 Å². The van der Waals surface area contributed by atoms with Crippen LogP contribution in [0, 0.1) is 0 Å². The van der Waals surface area contributed by atoms with Crippen LogP contribution in [0.2, 0.25) is 0 Å². The molecule has 2 atom stereocenters. The Morgan fingerprint density at radius 3 is 2.56 bits per heavy atom. The molecule has 0 amide bonds. The molecule has 3 nitrogen and oxygen atoms in total. The lowest BCUT2D eigenvalue weighted by Crippen LogP contribution is -2.47. The van der Waals surface area contributed by atoms with E-state index in [1.54, 1.807) is 0 Å². The van der Waals surface area contributed by atoms with Crippen LogP contribution in [0.15, 0.2) is 0 Å². The summed E-state index contributed by atoms with van der Waals surface area (Å²) < 4.78 is 23.7. The van der Waals surface area contributed by atoms with Gasteiger partial charge in [0.2, 0.25) is 0 Å². The van der Waals surface area contributed by atoms with Gasteiger partial charge in [-0.3, -0.25) is 0 Å². The van der Waals surface area contributed by atoms with Crippen molar-refractivity contribution >= 4 is 21.6 Å². The van der Waals surface area contributed by atoms with Crippen molar-refractivity contribution in [3.8, 4) is 0 Å². The molecule has 5 heteroatoms. The summed E-state index contributed by atoms with van der Waals surface area (Å²) in [6.45, 7) is 3.19. The number of thioether (sulfide) groups is 1. The first kappa shape index (κ1) is 16.3. The zero-order valence-corrected chi connectivity index (χ0v) is 13.5. The Kier molecular flexibility index (Phi) is 7.03. The third-order valence-corrected chi connectivity index (χ3v) is 6.42. The fourth-order valence-electron chi connectivity index (χ4n) is 2.81. The van der Waals surface area contributed by atoms with Gasteiger partial charge < -0.3 is 4.90 Å². The molecule has 1 aliphatic carbocycles. The minimum Gasteiger partial charge on any atom is -0.302 e. The first-order valence-electron chi connectivity index (χ1n) is 6.93. The van der Waals surface area contributed by atoms with Crippen LogP contribution in [0.3, 0.4) is 0 Å². The van der Waals surface area contributed by atoms with E-state index in [1.807, 2.05) is 11.8 Å². The molecule has 0 saturated heterocycles. The van der Waals surface area contributed by atoms with E-state index in [9.17, 15) is 8.42 Å². The van der Waals surface area contributed by atoms with Gasteiger partial charge in [-0.15, -0.1) is 0 Å². The van der Waals surface area contributed by atoms with Crippen molar-refractivity contribution in [2.45, 2.75) is 50.3 Å². The fourth-order valence-corrected chi connectivity index (χ4v) is 4.94. The van der Waals surface area contributed by atoms with Crippen molar-refractivity contribution in [2.24, 2.45) is 0 Å². The highest BCUT2D eigenvalue weighted by Gasteiger charge is 2.34. The molecule has 0 bridgehead atoms. The van der Waals surface area contributed by atoms with E-state index in [2.05, 4.69) is 18.9 Å². The minimum atomic E-state index is -2.90. The van der Waals surface area contributed by atoms with Crippen molar-refractivity contribution < 1.29 is 8.42 Å². The van der Waals surface area contributed by atoms with Gasteiger partial charge in [-0.05, 0) is 44.4 Å². The lowest BCUT2D eigenvalue weighted by Gasteiger charge is -2.37. The molecule has 108 valence electrons. The minimum absolute atomic E-state index is 0.143. The van der Waals surface area contributed by atoms with Gasteiger partial charge in [0, 0.05) is 12.3 Å². The lowest BCUT2D eigenvalue weighted by atomic mass is 9.94. The molecule has 1 aliphatic rings. The van der Waals surface area contributed by atoms with Gasteiger partial charge >= 0.3 is 0 Å². The topological polar surface area (TPSA) is 37.4 Å². The summed E-state index contributed by atoms with van der Waals surface area (Å²) in [6.07, 6.45) is 6.67. The van der Waals surface area contributed by atoms with Gasteiger partial charge in [0.25, 0.3) is 0 Å². The first-order valence-corrected chi connectivity index (χ1v) is 10.0. The Morgan fingerprint density at radius 2 is 1.94 bits per heavy atom. The average molecular weight is 293 g/mol. The molecule has 1 fully saturated rings. The third-order valence-electron chi connectivity index (χ3n) is 3.79. The van der Waals surface area contributed by atoms with Gasteiger partial charge in [0.15, 0.2) is 9.84 Å². The Balaban J connectivity index is 2.50. The predicted octanol–water partition coefficient (Wildman–Crippen LogP) is 2.42. The summed E-state index contributed by atoms with van der Waals surface area (Å²) in [5.41, 5.74) is 0. The van der Waals surface area contributed by atoms with Crippen molar-refractivity contribution in [3.63, 3.8) is 0 Å². The number of sulfone groups is 1. The molecule has 0 spiro atoms. The van der Waals surface area contributed by atoms with E-state index in [4.69, 9.17) is 0 Å². The van der Waals surface area contributed by atoms with E-state index >= 15 is 0 Å². The van der Waals surface area contributed by atoms with Crippen LogP contribution in [0.1, 0.15) is 39.0 Å². The zero-order valence-electron chi connectivity index (χ0n) is 11.9. The van der Waals surface area contributed by atoms with Gasteiger partial charge in [0.05, 0.1) is 5.25 Å². The number of hydrogen-bond donors (Lipinski definition) is 0. The van der Waals surface area contributed by atoms with E-state index in [0.29, 0.717) is 0 Å². The van der Waals surface area contributed by atoms with Crippen molar-refractivity contribution in [1.82, 2.24) is 4.90 Å². The monoisotopic (exact) mass is 293 g/mol. The van der Waals surface area contributed by atoms with Crippen LogP contribution in [0.4, 0.5) is 0 Å². The molecule has 0 heterocycles. The maximum absolute atomic E-state index is 11.8. The molecule has 0 aliphatic heterocycles. The van der Waals surface area contributed by atoms with Crippen molar-refractivity contribution in [3.05, 3.63) is 0 Å². The lowest BCUT2D eigenvalue weighted by molar-refractivity contribution is 0.195. The van der Waals surface area contributed by atoms with E-state index < -0.39 is 9.84 Å². The number of nitrogens with zero attached hydrogens (tertiary/aromatic N) is 1. The van der Waals surface area contributed by atoms with Crippen LogP contribution in [0.5, 0.6) is 0 Å². The van der Waals surface area contributed by atoms with Crippen LogP contribution >= 0.6 is 11.8 Å². The maximum atomic E-state index is 11.8. The van der Waals surface area contributed by atoms with Crippen LogP contribution in [0.25, 0.3) is 0 Å². The summed E-state index contributed by atoms with van der Waals surface area (Å²) in [7, 11) is -0.814. The molecule has 0 N–H and O–H groups in total. The molecule has 0 aromatic rings. The number of rotatable bonds is 7. The molecule has 1 rings (SSSR count). The van der Waals surface area contributed by atoms with Crippen molar-refractivity contribution in [2.75, 3.05) is 31.4 Å². The predicted molar refractivity (Wildman–Crippen MR) is 81.1 cm³/mol. The van der Waals surface area contributed by atoms with Gasteiger partial charge in [-0.1, -0.05) is 19.8 Å². The molecule has 1 saturated carbocycles. The molecular formula is C13H27NO2S2. The van der Waals surface area contributed by atoms with Crippen LogP contribution < -0.4 is 0 Å². The molecule has 0 unspecified atom stereocenters. The standard InChI is InChI=1S/C13H27NO2S2/c1-4-17-11-7-10-14(2)12-8-5-6-9-13(12)18(3,15)16/h12-13H,4-11H2,1-3H3/t12-,13-/m1/s1. The normalized spacial score (nSPS) is 25.6. The smallest absolute Gasteiger partial charge is 0.151 e. The summed E-state index contributed by atoms with van der Waals surface area (Å²) in [6, 6.07) is 0.236. The Hall–Kier alpha value is 0.260. The van der Waals surface area contributed by atoms with Gasteiger partial charge in [-0.25, -0.2) is 8.42 Å². The Labute approximate surface area is 117 Å². The summed E-state index contributed by atoms with van der Waals surface area (Å²) in [5.74, 6) is 2.34. The quantitative estimate of drug-likeness (QED) is 0.676. The zero-order chi connectivity index (χ0) is 13.6. The highest BCUT2D eigenvalue weighted by Crippen LogP contribution is 2.27. The fraction of sp³-hybridized carbons (Fsp3) is 1.00. The van der Waals surface area contributed by atoms with E-state index in [0.717, 1.165) is 32.2 Å². The highest BCUT2D eigenvalue weighted by atomic mass is 32.2. The first-order chi connectivity index (χ1) is 8.46. The molecule has 0 aromatic heterocycles. The average Bonchev–Trinajstić information content (AvgIpc) is 2.33. The summed E-state index contributed by atoms with van der Waals surface area (Å²) >= 11 is 1.96. The van der Waals surface area contributed by atoms with E-state index in [-0.39, 0.29) is 11.3 Å². The molecule has 0 aromatic carbocycles. The van der Waals surface area contributed by atoms with Crippen LogP contribution in [-0.4, -0.2) is 56.0 Å². The second kappa shape index (κ2) is 7.75. The second-order valence-electron chi connectivity index (χ2n) is 5.25. The molecule has 0 radical (unpaired) electrons. The summed E-state index contributed by atoms with van der Waals surface area (Å²) in [4.78, 5) is 2.28. The largest absolute Gasteiger partial charge is 0.302 e. The van der Waals surface area contributed by atoms with Crippen LogP contribution in [-0.2, 0) is 9.84 Å².